The zero-order valence-electron chi connectivity index (χ0n) is 13.3. The molecule has 0 aromatic carbocycles. The van der Waals surface area contributed by atoms with Crippen molar-refractivity contribution >= 4 is 11.9 Å². The second-order valence-corrected chi connectivity index (χ2v) is 6.06. The van der Waals surface area contributed by atoms with E-state index in [0.29, 0.717) is 36.5 Å². The number of aliphatic hydroxyl groups is 1. The molecular weight excluding hydrogens is 286 g/mol. The first-order valence-electron chi connectivity index (χ1n) is 7.59. The SMILES string of the molecule is CCC[C@]1(C(=O)O)CCN(C(=O)c2cc(C)oc2C)CC1O. The van der Waals surface area contributed by atoms with Gasteiger partial charge in [0.1, 0.15) is 11.5 Å². The molecular formula is C16H23NO5. The van der Waals surface area contributed by atoms with E-state index in [1.807, 2.05) is 6.92 Å². The number of aryl methyl sites for hydroxylation is 2. The number of rotatable bonds is 4. The molecule has 1 saturated heterocycles. The van der Waals surface area contributed by atoms with Gasteiger partial charge < -0.3 is 19.5 Å². The predicted molar refractivity (Wildman–Crippen MR) is 79.7 cm³/mol. The van der Waals surface area contributed by atoms with Gasteiger partial charge in [-0.05, 0) is 32.8 Å². The highest BCUT2D eigenvalue weighted by molar-refractivity contribution is 5.95. The van der Waals surface area contributed by atoms with Crippen LogP contribution in [0.5, 0.6) is 0 Å². The first-order valence-corrected chi connectivity index (χ1v) is 7.59. The minimum absolute atomic E-state index is 0.0365. The highest BCUT2D eigenvalue weighted by atomic mass is 16.4. The maximum Gasteiger partial charge on any atom is 0.312 e. The van der Waals surface area contributed by atoms with E-state index in [1.165, 1.54) is 4.90 Å². The highest BCUT2D eigenvalue weighted by Gasteiger charge is 2.48. The lowest BCUT2D eigenvalue weighted by Crippen LogP contribution is -2.56. The molecule has 1 aromatic rings. The predicted octanol–water partition coefficient (Wildman–Crippen LogP) is 1.97. The Morgan fingerprint density at radius 1 is 1.45 bits per heavy atom. The van der Waals surface area contributed by atoms with Crippen LogP contribution in [0.1, 0.15) is 48.1 Å². The molecule has 1 unspecified atom stereocenters. The van der Waals surface area contributed by atoms with Crippen molar-refractivity contribution in [3.63, 3.8) is 0 Å². The fraction of sp³-hybridized carbons (Fsp3) is 0.625. The van der Waals surface area contributed by atoms with Crippen molar-refractivity contribution in [1.82, 2.24) is 4.90 Å². The molecule has 0 spiro atoms. The van der Waals surface area contributed by atoms with Gasteiger partial charge in [0.05, 0.1) is 17.1 Å². The van der Waals surface area contributed by atoms with E-state index in [2.05, 4.69) is 0 Å². The molecule has 2 N–H and O–H groups in total. The van der Waals surface area contributed by atoms with Crippen molar-refractivity contribution < 1.29 is 24.2 Å². The number of furan rings is 1. The van der Waals surface area contributed by atoms with E-state index in [0.717, 1.165) is 0 Å². The third-order valence-electron chi connectivity index (χ3n) is 4.54. The van der Waals surface area contributed by atoms with Gasteiger partial charge in [0, 0.05) is 13.1 Å². The lowest BCUT2D eigenvalue weighted by atomic mass is 9.72. The van der Waals surface area contributed by atoms with Crippen molar-refractivity contribution in [3.05, 3.63) is 23.2 Å². The number of amides is 1. The van der Waals surface area contributed by atoms with E-state index in [1.54, 1.807) is 19.9 Å². The molecule has 0 aliphatic carbocycles. The van der Waals surface area contributed by atoms with Crippen LogP contribution < -0.4 is 0 Å². The molecule has 0 saturated carbocycles. The van der Waals surface area contributed by atoms with E-state index in [9.17, 15) is 19.8 Å². The summed E-state index contributed by atoms with van der Waals surface area (Å²) in [7, 11) is 0. The summed E-state index contributed by atoms with van der Waals surface area (Å²) < 4.78 is 5.37. The Morgan fingerprint density at radius 3 is 2.59 bits per heavy atom. The lowest BCUT2D eigenvalue weighted by Gasteiger charge is -2.42. The molecule has 0 radical (unpaired) electrons. The molecule has 6 nitrogen and oxygen atoms in total. The van der Waals surface area contributed by atoms with Crippen LogP contribution in [0.2, 0.25) is 0 Å². The number of carboxylic acid groups (broad SMARTS) is 1. The quantitative estimate of drug-likeness (QED) is 0.887. The van der Waals surface area contributed by atoms with Gasteiger partial charge in [0.25, 0.3) is 5.91 Å². The second kappa shape index (κ2) is 6.12. The number of aliphatic hydroxyl groups excluding tert-OH is 1. The van der Waals surface area contributed by atoms with Gasteiger partial charge in [-0.1, -0.05) is 13.3 Å². The minimum Gasteiger partial charge on any atom is -0.481 e. The average molecular weight is 309 g/mol. The number of piperidine rings is 1. The molecule has 6 heteroatoms. The van der Waals surface area contributed by atoms with E-state index in [4.69, 9.17) is 4.42 Å². The van der Waals surface area contributed by atoms with E-state index in [-0.39, 0.29) is 18.9 Å². The average Bonchev–Trinajstić information content (AvgIpc) is 2.79. The maximum absolute atomic E-state index is 12.5. The zero-order chi connectivity index (χ0) is 16.5. The Balaban J connectivity index is 2.17. The molecule has 1 fully saturated rings. The second-order valence-electron chi connectivity index (χ2n) is 6.06. The van der Waals surface area contributed by atoms with Crippen LogP contribution in [0.4, 0.5) is 0 Å². The number of carboxylic acids is 1. The first-order chi connectivity index (χ1) is 10.3. The van der Waals surface area contributed by atoms with Crippen LogP contribution in [0.3, 0.4) is 0 Å². The highest BCUT2D eigenvalue weighted by Crippen LogP contribution is 2.37. The van der Waals surface area contributed by atoms with Crippen LogP contribution in [0.25, 0.3) is 0 Å². The van der Waals surface area contributed by atoms with Crippen LogP contribution >= 0.6 is 0 Å². The van der Waals surface area contributed by atoms with Crippen LogP contribution in [0, 0.1) is 19.3 Å². The topological polar surface area (TPSA) is 91.0 Å². The third kappa shape index (κ3) is 2.75. The summed E-state index contributed by atoms with van der Waals surface area (Å²) in [6.45, 7) is 5.75. The molecule has 1 amide bonds. The minimum atomic E-state index is -1.15. The summed E-state index contributed by atoms with van der Waals surface area (Å²) in [6, 6.07) is 1.68. The Kier molecular flexibility index (Phi) is 4.60. The number of carbonyl (C=O) groups excluding carboxylic acids is 1. The number of likely N-dealkylation sites (tertiary alicyclic amines) is 1. The number of nitrogens with zero attached hydrogens (tertiary/aromatic N) is 1. The van der Waals surface area contributed by atoms with Gasteiger partial charge in [-0.25, -0.2) is 0 Å². The van der Waals surface area contributed by atoms with Gasteiger partial charge in [-0.2, -0.15) is 0 Å². The summed E-state index contributed by atoms with van der Waals surface area (Å²) in [4.78, 5) is 25.6. The Labute approximate surface area is 129 Å². The van der Waals surface area contributed by atoms with Crippen molar-refractivity contribution in [1.29, 1.82) is 0 Å². The normalized spacial score (nSPS) is 25.3. The number of carbonyl (C=O) groups is 2. The Bertz CT molecular complexity index is 579. The van der Waals surface area contributed by atoms with Gasteiger partial charge >= 0.3 is 5.97 Å². The smallest absolute Gasteiger partial charge is 0.312 e. The molecule has 1 aromatic heterocycles. The summed E-state index contributed by atoms with van der Waals surface area (Å²) >= 11 is 0. The summed E-state index contributed by atoms with van der Waals surface area (Å²) in [6.07, 6.45) is 0.294. The standard InChI is InChI=1S/C16H23NO5/c1-4-5-16(15(20)21)6-7-17(9-13(16)18)14(19)12-8-10(2)22-11(12)3/h8,13,18H,4-7,9H2,1-3H3,(H,20,21)/t13?,16-/m0/s1. The van der Waals surface area contributed by atoms with Crippen molar-refractivity contribution in [2.75, 3.05) is 13.1 Å². The summed E-state index contributed by atoms with van der Waals surface area (Å²) in [5.74, 6) is -0.00179. The zero-order valence-corrected chi connectivity index (χ0v) is 13.3. The molecule has 1 aliphatic heterocycles. The van der Waals surface area contributed by atoms with Crippen molar-refractivity contribution in [3.8, 4) is 0 Å². The fourth-order valence-electron chi connectivity index (χ4n) is 3.27. The van der Waals surface area contributed by atoms with Gasteiger partial charge in [0.2, 0.25) is 0 Å². The lowest BCUT2D eigenvalue weighted by molar-refractivity contribution is -0.162. The molecule has 2 rings (SSSR count). The largest absolute Gasteiger partial charge is 0.481 e. The van der Waals surface area contributed by atoms with Gasteiger partial charge in [-0.15, -0.1) is 0 Å². The monoisotopic (exact) mass is 309 g/mol. The van der Waals surface area contributed by atoms with Gasteiger partial charge in [0.15, 0.2) is 0 Å². The van der Waals surface area contributed by atoms with Crippen LogP contribution in [-0.4, -0.2) is 46.2 Å². The number of β-amino-alcohol motifs (C(OH)–C–C–N with tert-alkyl or cyclic N) is 1. The molecule has 1 aliphatic rings. The molecule has 122 valence electrons. The fourth-order valence-corrected chi connectivity index (χ4v) is 3.27. The Hall–Kier alpha value is -1.82. The number of aliphatic carboxylic acids is 1. The van der Waals surface area contributed by atoms with Crippen molar-refractivity contribution in [2.24, 2.45) is 5.41 Å². The van der Waals surface area contributed by atoms with Crippen molar-refractivity contribution in [2.45, 2.75) is 46.1 Å². The molecule has 2 atom stereocenters. The third-order valence-corrected chi connectivity index (χ3v) is 4.54. The molecule has 22 heavy (non-hydrogen) atoms. The van der Waals surface area contributed by atoms with Gasteiger partial charge in [-0.3, -0.25) is 9.59 Å². The number of hydrogen-bond donors (Lipinski definition) is 2. The van der Waals surface area contributed by atoms with E-state index < -0.39 is 17.5 Å². The summed E-state index contributed by atoms with van der Waals surface area (Å²) in [5.41, 5.74) is -0.671. The van der Waals surface area contributed by atoms with E-state index >= 15 is 0 Å². The molecule has 0 bridgehead atoms. The first kappa shape index (κ1) is 16.5. The Morgan fingerprint density at radius 2 is 2.14 bits per heavy atom. The van der Waals surface area contributed by atoms with Crippen LogP contribution in [0.15, 0.2) is 10.5 Å². The number of hydrogen-bond acceptors (Lipinski definition) is 4. The van der Waals surface area contributed by atoms with Crippen LogP contribution in [-0.2, 0) is 4.79 Å². The molecule has 2 heterocycles. The maximum atomic E-state index is 12.5. The summed E-state index contributed by atoms with van der Waals surface area (Å²) in [5, 5.41) is 19.9.